The van der Waals surface area contributed by atoms with E-state index in [-0.39, 0.29) is 16.9 Å². The fraction of sp³-hybridized carbons (Fsp3) is 0.0526. The van der Waals surface area contributed by atoms with E-state index in [0.29, 0.717) is 5.69 Å². The predicted octanol–water partition coefficient (Wildman–Crippen LogP) is 2.80. The summed E-state index contributed by atoms with van der Waals surface area (Å²) in [6.07, 6.45) is 0.880. The molecule has 0 fully saturated rings. The van der Waals surface area contributed by atoms with Gasteiger partial charge in [0.2, 0.25) is 10.0 Å². The lowest BCUT2D eigenvalue weighted by atomic mass is 10.1. The van der Waals surface area contributed by atoms with E-state index in [1.807, 2.05) is 35.1 Å². The number of halogens is 1. The van der Waals surface area contributed by atoms with E-state index in [4.69, 9.17) is 0 Å². The number of aromatic amines is 1. The van der Waals surface area contributed by atoms with Gasteiger partial charge in [0, 0.05) is 11.4 Å². The van der Waals surface area contributed by atoms with Gasteiger partial charge >= 0.3 is 0 Å². The largest absolute Gasteiger partial charge is 0.322 e. The maximum absolute atomic E-state index is 13.7. The third-order valence-electron chi connectivity index (χ3n) is 3.76. The zero-order valence-corrected chi connectivity index (χ0v) is 15.5. The highest BCUT2D eigenvalue weighted by atomic mass is 32.2. The molecule has 0 aliphatic rings. The Hall–Kier alpha value is -3.46. The number of nitrogens with one attached hydrogen (secondary N) is 3. The molecule has 28 heavy (non-hydrogen) atoms. The molecule has 0 aliphatic heterocycles. The first-order valence-electron chi connectivity index (χ1n) is 8.10. The molecule has 3 aromatic rings. The maximum atomic E-state index is 13.7. The Kier molecular flexibility index (Phi) is 5.27. The topological polar surface area (TPSA) is 108 Å². The minimum absolute atomic E-state index is 0.129. The van der Waals surface area contributed by atoms with Gasteiger partial charge in [0.25, 0.3) is 11.5 Å². The van der Waals surface area contributed by atoms with Crippen molar-refractivity contribution >= 4 is 27.3 Å². The molecule has 0 saturated heterocycles. The van der Waals surface area contributed by atoms with E-state index in [1.54, 1.807) is 6.07 Å². The number of rotatable bonds is 5. The van der Waals surface area contributed by atoms with Gasteiger partial charge in [-0.2, -0.15) is 0 Å². The van der Waals surface area contributed by atoms with Crippen molar-refractivity contribution in [2.24, 2.45) is 0 Å². The number of H-pyrrole nitrogens is 1. The number of benzene rings is 2. The minimum Gasteiger partial charge on any atom is -0.322 e. The lowest BCUT2D eigenvalue weighted by molar-refractivity contribution is 0.102. The van der Waals surface area contributed by atoms with Crippen LogP contribution in [0, 0.1) is 5.82 Å². The van der Waals surface area contributed by atoms with Crippen molar-refractivity contribution in [3.8, 4) is 11.3 Å². The first-order valence-corrected chi connectivity index (χ1v) is 9.99. The summed E-state index contributed by atoms with van der Waals surface area (Å²) in [6.45, 7) is 0. The standard InChI is InChI=1S/C19H16FN3O4S/c1-28(26,27)23-17-11-13(7-9-15(17)20)21-18(24)14-8-10-16(22-19(14)25)12-5-3-2-4-6-12/h2-11,23H,1H3,(H,21,24)(H,22,25). The van der Waals surface area contributed by atoms with Gasteiger partial charge in [-0.1, -0.05) is 30.3 Å². The van der Waals surface area contributed by atoms with Gasteiger partial charge in [-0.05, 0) is 35.9 Å². The molecular weight excluding hydrogens is 385 g/mol. The molecule has 7 nitrogen and oxygen atoms in total. The lowest BCUT2D eigenvalue weighted by Crippen LogP contribution is -2.23. The Bertz CT molecular complexity index is 1190. The number of amides is 1. The van der Waals surface area contributed by atoms with E-state index in [9.17, 15) is 22.4 Å². The Morgan fingerprint density at radius 3 is 2.39 bits per heavy atom. The van der Waals surface area contributed by atoms with Gasteiger partial charge in [-0.3, -0.25) is 14.3 Å². The molecular formula is C19H16FN3O4S. The predicted molar refractivity (Wildman–Crippen MR) is 105 cm³/mol. The number of pyridine rings is 1. The van der Waals surface area contributed by atoms with Crippen LogP contribution in [-0.4, -0.2) is 25.6 Å². The Labute approximate surface area is 160 Å². The molecule has 3 N–H and O–H groups in total. The average Bonchev–Trinajstić information content (AvgIpc) is 2.64. The van der Waals surface area contributed by atoms with Crippen molar-refractivity contribution in [3.63, 3.8) is 0 Å². The molecule has 1 heterocycles. The van der Waals surface area contributed by atoms with Crippen LogP contribution in [0.2, 0.25) is 0 Å². The summed E-state index contributed by atoms with van der Waals surface area (Å²) < 4.78 is 38.3. The highest BCUT2D eigenvalue weighted by Crippen LogP contribution is 2.21. The second-order valence-corrected chi connectivity index (χ2v) is 7.75. The summed E-state index contributed by atoms with van der Waals surface area (Å²) >= 11 is 0. The number of hydrogen-bond acceptors (Lipinski definition) is 4. The van der Waals surface area contributed by atoms with Crippen LogP contribution in [0.4, 0.5) is 15.8 Å². The Morgan fingerprint density at radius 2 is 1.75 bits per heavy atom. The number of carbonyl (C=O) groups is 1. The van der Waals surface area contributed by atoms with Gasteiger partial charge in [-0.15, -0.1) is 0 Å². The quantitative estimate of drug-likeness (QED) is 0.611. The second-order valence-electron chi connectivity index (χ2n) is 6.00. The number of hydrogen-bond donors (Lipinski definition) is 3. The van der Waals surface area contributed by atoms with Crippen LogP contribution in [-0.2, 0) is 10.0 Å². The van der Waals surface area contributed by atoms with Crippen molar-refractivity contribution in [2.45, 2.75) is 0 Å². The molecule has 0 radical (unpaired) electrons. The summed E-state index contributed by atoms with van der Waals surface area (Å²) in [5.41, 5.74) is 0.444. The molecule has 0 saturated carbocycles. The lowest BCUT2D eigenvalue weighted by Gasteiger charge is -2.10. The van der Waals surface area contributed by atoms with Crippen LogP contribution in [0.3, 0.4) is 0 Å². The number of anilines is 2. The SMILES string of the molecule is CS(=O)(=O)Nc1cc(NC(=O)c2ccc(-c3ccccc3)[nH]c2=O)ccc1F. The second kappa shape index (κ2) is 7.65. The molecule has 0 spiro atoms. The zero-order chi connectivity index (χ0) is 20.3. The van der Waals surface area contributed by atoms with Crippen molar-refractivity contribution in [3.05, 3.63) is 82.4 Å². The van der Waals surface area contributed by atoms with Crippen molar-refractivity contribution < 1.29 is 17.6 Å². The van der Waals surface area contributed by atoms with E-state index in [0.717, 1.165) is 24.0 Å². The van der Waals surface area contributed by atoms with Gasteiger partial charge in [0.1, 0.15) is 11.4 Å². The van der Waals surface area contributed by atoms with Gasteiger partial charge < -0.3 is 10.3 Å². The van der Waals surface area contributed by atoms with E-state index < -0.39 is 27.3 Å². The van der Waals surface area contributed by atoms with E-state index in [2.05, 4.69) is 10.3 Å². The molecule has 2 aromatic carbocycles. The summed E-state index contributed by atoms with van der Waals surface area (Å²) in [7, 11) is -3.69. The fourth-order valence-corrected chi connectivity index (χ4v) is 3.07. The Morgan fingerprint density at radius 1 is 1.04 bits per heavy atom. The third kappa shape index (κ3) is 4.63. The highest BCUT2D eigenvalue weighted by molar-refractivity contribution is 7.92. The van der Waals surface area contributed by atoms with Gasteiger partial charge in [0.05, 0.1) is 11.9 Å². The minimum atomic E-state index is -3.69. The number of carbonyl (C=O) groups excluding carboxylic acids is 1. The molecule has 0 bridgehead atoms. The first kappa shape index (κ1) is 19.3. The fourth-order valence-electron chi connectivity index (χ4n) is 2.52. The monoisotopic (exact) mass is 401 g/mol. The number of sulfonamides is 1. The first-order chi connectivity index (χ1) is 13.2. The highest BCUT2D eigenvalue weighted by Gasteiger charge is 2.14. The van der Waals surface area contributed by atoms with Crippen molar-refractivity contribution in [2.75, 3.05) is 16.3 Å². The van der Waals surface area contributed by atoms with Crippen LogP contribution < -0.4 is 15.6 Å². The van der Waals surface area contributed by atoms with E-state index >= 15 is 0 Å². The van der Waals surface area contributed by atoms with Gasteiger partial charge in [-0.25, -0.2) is 12.8 Å². The van der Waals surface area contributed by atoms with E-state index in [1.165, 1.54) is 12.1 Å². The van der Waals surface area contributed by atoms with Crippen LogP contribution in [0.5, 0.6) is 0 Å². The molecule has 0 unspecified atom stereocenters. The normalized spacial score (nSPS) is 11.1. The molecule has 0 aliphatic carbocycles. The zero-order valence-electron chi connectivity index (χ0n) is 14.7. The van der Waals surface area contributed by atoms with Crippen LogP contribution >= 0.6 is 0 Å². The summed E-state index contributed by atoms with van der Waals surface area (Å²) in [5.74, 6) is -1.51. The van der Waals surface area contributed by atoms with Crippen LogP contribution in [0.25, 0.3) is 11.3 Å². The average molecular weight is 401 g/mol. The molecule has 1 amide bonds. The number of aromatic nitrogens is 1. The van der Waals surface area contributed by atoms with Crippen LogP contribution in [0.15, 0.2) is 65.5 Å². The van der Waals surface area contributed by atoms with Crippen LogP contribution in [0.1, 0.15) is 10.4 Å². The molecule has 9 heteroatoms. The molecule has 3 rings (SSSR count). The summed E-state index contributed by atoms with van der Waals surface area (Å²) in [5, 5.41) is 2.45. The smallest absolute Gasteiger partial charge is 0.261 e. The summed E-state index contributed by atoms with van der Waals surface area (Å²) in [6, 6.07) is 15.5. The van der Waals surface area contributed by atoms with Crippen molar-refractivity contribution in [1.29, 1.82) is 0 Å². The van der Waals surface area contributed by atoms with Crippen molar-refractivity contribution in [1.82, 2.24) is 4.98 Å². The maximum Gasteiger partial charge on any atom is 0.261 e. The Balaban J connectivity index is 1.84. The molecule has 1 aromatic heterocycles. The summed E-state index contributed by atoms with van der Waals surface area (Å²) in [4.78, 5) is 27.3. The third-order valence-corrected chi connectivity index (χ3v) is 4.35. The van der Waals surface area contributed by atoms with Gasteiger partial charge in [0.15, 0.2) is 0 Å². The molecule has 0 atom stereocenters. The molecule has 144 valence electrons.